The Morgan fingerprint density at radius 3 is 2.79 bits per heavy atom. The maximum Gasteiger partial charge on any atom is 0.308 e. The van der Waals surface area contributed by atoms with Crippen LogP contribution in [0.4, 0.5) is 0 Å². The summed E-state index contributed by atoms with van der Waals surface area (Å²) < 4.78 is 0. The Morgan fingerprint density at radius 1 is 1.64 bits per heavy atom. The Labute approximate surface area is 83.7 Å². The Kier molecular flexibility index (Phi) is 3.26. The zero-order chi connectivity index (χ0) is 10.8. The number of nitrogens with one attached hydrogen (secondary N) is 1. The van der Waals surface area contributed by atoms with Crippen molar-refractivity contribution in [2.45, 2.75) is 32.2 Å². The van der Waals surface area contributed by atoms with E-state index < -0.39 is 5.97 Å². The normalized spacial score (nSPS) is 30.1. The van der Waals surface area contributed by atoms with Crippen LogP contribution in [-0.4, -0.2) is 29.4 Å². The first-order chi connectivity index (χ1) is 6.49. The van der Waals surface area contributed by atoms with Crippen molar-refractivity contribution in [3.63, 3.8) is 0 Å². The molecule has 1 saturated heterocycles. The number of aldehydes is 1. The number of carbonyl (C=O) groups is 2. The molecule has 1 unspecified atom stereocenters. The molecule has 1 rings (SSSR count). The molecule has 80 valence electrons. The van der Waals surface area contributed by atoms with Crippen LogP contribution < -0.4 is 5.32 Å². The fourth-order valence-corrected chi connectivity index (χ4v) is 2.27. The van der Waals surface area contributed by atoms with Gasteiger partial charge in [0.1, 0.15) is 6.29 Å². The Morgan fingerprint density at radius 2 is 2.29 bits per heavy atom. The summed E-state index contributed by atoms with van der Waals surface area (Å²) in [5.74, 6) is -1.08. The van der Waals surface area contributed by atoms with E-state index in [0.717, 1.165) is 6.29 Å². The van der Waals surface area contributed by atoms with E-state index in [9.17, 15) is 9.59 Å². The molecular weight excluding hydrogens is 182 g/mol. The molecule has 4 heteroatoms. The van der Waals surface area contributed by atoms with Crippen molar-refractivity contribution in [2.75, 3.05) is 6.54 Å². The van der Waals surface area contributed by atoms with E-state index in [1.807, 2.05) is 13.8 Å². The first kappa shape index (κ1) is 11.2. The van der Waals surface area contributed by atoms with Crippen LogP contribution in [0.3, 0.4) is 0 Å². The van der Waals surface area contributed by atoms with E-state index in [0.29, 0.717) is 19.4 Å². The van der Waals surface area contributed by atoms with Gasteiger partial charge in [-0.15, -0.1) is 0 Å². The zero-order valence-corrected chi connectivity index (χ0v) is 8.62. The largest absolute Gasteiger partial charge is 0.481 e. The third-order valence-corrected chi connectivity index (χ3v) is 2.99. The summed E-state index contributed by atoms with van der Waals surface area (Å²) in [5.41, 5.74) is -0.362. The summed E-state index contributed by atoms with van der Waals surface area (Å²) >= 11 is 0. The number of carbonyl (C=O) groups excluding carboxylic acids is 1. The first-order valence-electron chi connectivity index (χ1n) is 4.90. The molecule has 0 aromatic heterocycles. The average Bonchev–Trinajstić information content (AvgIpc) is 2.37. The smallest absolute Gasteiger partial charge is 0.308 e. The second-order valence-electron chi connectivity index (χ2n) is 4.42. The van der Waals surface area contributed by atoms with Crippen LogP contribution in [0, 0.1) is 11.8 Å². The van der Waals surface area contributed by atoms with Crippen LogP contribution >= 0.6 is 0 Å². The predicted octanol–water partition coefficient (Wildman–Crippen LogP) is 0.664. The van der Waals surface area contributed by atoms with E-state index in [1.54, 1.807) is 0 Å². The molecule has 1 heterocycles. The number of carboxylic acids is 1. The van der Waals surface area contributed by atoms with Gasteiger partial charge in [0.2, 0.25) is 0 Å². The van der Waals surface area contributed by atoms with Gasteiger partial charge in [-0.05, 0) is 32.7 Å². The van der Waals surface area contributed by atoms with Gasteiger partial charge in [0.15, 0.2) is 0 Å². The highest BCUT2D eigenvalue weighted by Crippen LogP contribution is 2.33. The van der Waals surface area contributed by atoms with Crippen LogP contribution in [0.15, 0.2) is 0 Å². The van der Waals surface area contributed by atoms with Crippen molar-refractivity contribution in [3.05, 3.63) is 0 Å². The second-order valence-corrected chi connectivity index (χ2v) is 4.42. The molecule has 2 N–H and O–H groups in total. The second kappa shape index (κ2) is 4.09. The molecule has 0 saturated carbocycles. The summed E-state index contributed by atoms with van der Waals surface area (Å²) in [6.45, 7) is 4.48. The van der Waals surface area contributed by atoms with Gasteiger partial charge in [-0.2, -0.15) is 0 Å². The van der Waals surface area contributed by atoms with Crippen LogP contribution in [0.1, 0.15) is 26.7 Å². The van der Waals surface area contributed by atoms with Crippen molar-refractivity contribution in [2.24, 2.45) is 11.8 Å². The van der Waals surface area contributed by atoms with Gasteiger partial charge >= 0.3 is 5.97 Å². The van der Waals surface area contributed by atoms with Gasteiger partial charge in [0, 0.05) is 12.0 Å². The molecule has 0 amide bonds. The SMILES string of the molecule is CC1(C)NCC(CCC=O)[C@@H]1C(=O)O. The molecule has 2 atom stereocenters. The van der Waals surface area contributed by atoms with Crippen molar-refractivity contribution in [1.82, 2.24) is 5.32 Å². The third kappa shape index (κ3) is 2.12. The molecule has 0 aromatic rings. The third-order valence-electron chi connectivity index (χ3n) is 2.99. The van der Waals surface area contributed by atoms with Gasteiger partial charge in [-0.1, -0.05) is 0 Å². The van der Waals surface area contributed by atoms with Gasteiger partial charge in [-0.3, -0.25) is 4.79 Å². The lowest BCUT2D eigenvalue weighted by Crippen LogP contribution is -2.42. The van der Waals surface area contributed by atoms with Crippen molar-refractivity contribution < 1.29 is 14.7 Å². The molecule has 0 aliphatic carbocycles. The monoisotopic (exact) mass is 199 g/mol. The van der Waals surface area contributed by atoms with Crippen LogP contribution in [0.25, 0.3) is 0 Å². The summed E-state index contributed by atoms with van der Waals surface area (Å²) in [6.07, 6.45) is 1.97. The number of hydrogen-bond donors (Lipinski definition) is 2. The molecule has 1 fully saturated rings. The van der Waals surface area contributed by atoms with Gasteiger partial charge in [-0.25, -0.2) is 0 Å². The van der Waals surface area contributed by atoms with Crippen LogP contribution in [0.2, 0.25) is 0 Å². The standard InChI is InChI=1S/C10H17NO3/c1-10(2)8(9(13)14)7(6-11-10)4-3-5-12/h5,7-8,11H,3-4,6H2,1-2H3,(H,13,14)/t7?,8-/m1/s1. The Hall–Kier alpha value is -0.900. The van der Waals surface area contributed by atoms with Crippen molar-refractivity contribution in [3.8, 4) is 0 Å². The quantitative estimate of drug-likeness (QED) is 0.653. The Balaban J connectivity index is 2.68. The molecule has 0 aromatic carbocycles. The molecule has 0 spiro atoms. The molecule has 4 nitrogen and oxygen atoms in total. The van der Waals surface area contributed by atoms with Crippen LogP contribution in [-0.2, 0) is 9.59 Å². The number of carboxylic acid groups (broad SMARTS) is 1. The summed E-state index contributed by atoms with van der Waals surface area (Å²) in [7, 11) is 0. The zero-order valence-electron chi connectivity index (χ0n) is 8.62. The summed E-state index contributed by atoms with van der Waals surface area (Å²) in [5, 5.41) is 12.3. The average molecular weight is 199 g/mol. The van der Waals surface area contributed by atoms with Crippen molar-refractivity contribution in [1.29, 1.82) is 0 Å². The van der Waals surface area contributed by atoms with E-state index in [-0.39, 0.29) is 17.4 Å². The van der Waals surface area contributed by atoms with E-state index in [4.69, 9.17) is 5.11 Å². The van der Waals surface area contributed by atoms with E-state index in [1.165, 1.54) is 0 Å². The lowest BCUT2D eigenvalue weighted by molar-refractivity contribution is -0.144. The highest BCUT2D eigenvalue weighted by atomic mass is 16.4. The number of aliphatic carboxylic acids is 1. The van der Waals surface area contributed by atoms with Gasteiger partial charge in [0.05, 0.1) is 5.92 Å². The summed E-state index contributed by atoms with van der Waals surface area (Å²) in [6, 6.07) is 0. The predicted molar refractivity (Wildman–Crippen MR) is 52.0 cm³/mol. The molecule has 1 aliphatic rings. The molecule has 1 aliphatic heterocycles. The summed E-state index contributed by atoms with van der Waals surface area (Å²) in [4.78, 5) is 21.3. The maximum absolute atomic E-state index is 11.1. The topological polar surface area (TPSA) is 66.4 Å². The highest BCUT2D eigenvalue weighted by Gasteiger charge is 2.45. The minimum atomic E-state index is -0.768. The van der Waals surface area contributed by atoms with Gasteiger partial charge < -0.3 is 15.2 Å². The fraction of sp³-hybridized carbons (Fsp3) is 0.800. The maximum atomic E-state index is 11.1. The van der Waals surface area contributed by atoms with E-state index in [2.05, 4.69) is 5.32 Å². The number of rotatable bonds is 4. The van der Waals surface area contributed by atoms with Gasteiger partial charge in [0.25, 0.3) is 0 Å². The lowest BCUT2D eigenvalue weighted by atomic mass is 9.81. The minimum absolute atomic E-state index is 0.0766. The molecule has 14 heavy (non-hydrogen) atoms. The lowest BCUT2D eigenvalue weighted by Gasteiger charge is -2.26. The first-order valence-corrected chi connectivity index (χ1v) is 4.90. The Bertz CT molecular complexity index is 238. The fourth-order valence-electron chi connectivity index (χ4n) is 2.27. The van der Waals surface area contributed by atoms with Crippen LogP contribution in [0.5, 0.6) is 0 Å². The minimum Gasteiger partial charge on any atom is -0.481 e. The molecular formula is C10H17NO3. The van der Waals surface area contributed by atoms with Crippen molar-refractivity contribution >= 4 is 12.3 Å². The number of hydrogen-bond acceptors (Lipinski definition) is 3. The van der Waals surface area contributed by atoms with E-state index >= 15 is 0 Å². The highest BCUT2D eigenvalue weighted by molar-refractivity contribution is 5.72. The molecule has 0 bridgehead atoms. The molecule has 0 radical (unpaired) electrons.